The molecule has 1 aromatic carbocycles. The number of para-hydroxylation sites is 1. The van der Waals surface area contributed by atoms with E-state index in [1.54, 1.807) is 7.11 Å². The maximum Gasteiger partial charge on any atom is 0.142 e. The zero-order valence-electron chi connectivity index (χ0n) is 11.2. The first-order chi connectivity index (χ1) is 8.88. The SMILES string of the molecule is COc1cccc2c1NCC(C1CCCCC1)C2. The highest BCUT2D eigenvalue weighted by Crippen LogP contribution is 2.39. The second kappa shape index (κ2) is 5.21. The largest absolute Gasteiger partial charge is 0.495 e. The van der Waals surface area contributed by atoms with Crippen molar-refractivity contribution in [2.75, 3.05) is 19.0 Å². The third-order valence-corrected chi connectivity index (χ3v) is 4.67. The Bertz CT molecular complexity index is 410. The summed E-state index contributed by atoms with van der Waals surface area (Å²) >= 11 is 0. The monoisotopic (exact) mass is 245 g/mol. The quantitative estimate of drug-likeness (QED) is 0.854. The van der Waals surface area contributed by atoms with Gasteiger partial charge in [0.2, 0.25) is 0 Å². The highest BCUT2D eigenvalue weighted by molar-refractivity contribution is 5.63. The molecule has 98 valence electrons. The molecule has 1 heterocycles. The molecule has 1 atom stereocenters. The van der Waals surface area contributed by atoms with Crippen LogP contribution >= 0.6 is 0 Å². The van der Waals surface area contributed by atoms with Gasteiger partial charge in [-0.15, -0.1) is 0 Å². The average Bonchev–Trinajstić information content (AvgIpc) is 2.47. The molecule has 1 aliphatic carbocycles. The van der Waals surface area contributed by atoms with Crippen LogP contribution in [-0.2, 0) is 6.42 Å². The Morgan fingerprint density at radius 3 is 2.72 bits per heavy atom. The van der Waals surface area contributed by atoms with E-state index >= 15 is 0 Å². The molecule has 3 rings (SSSR count). The fourth-order valence-corrected chi connectivity index (χ4v) is 3.64. The third-order valence-electron chi connectivity index (χ3n) is 4.67. The van der Waals surface area contributed by atoms with Gasteiger partial charge in [0, 0.05) is 6.54 Å². The van der Waals surface area contributed by atoms with Crippen molar-refractivity contribution in [3.05, 3.63) is 23.8 Å². The average molecular weight is 245 g/mol. The van der Waals surface area contributed by atoms with Crippen molar-refractivity contribution in [3.63, 3.8) is 0 Å². The Hall–Kier alpha value is -1.18. The molecular formula is C16H23NO. The number of fused-ring (bicyclic) bond motifs is 1. The van der Waals surface area contributed by atoms with Crippen molar-refractivity contribution in [2.24, 2.45) is 11.8 Å². The molecule has 2 nitrogen and oxygen atoms in total. The van der Waals surface area contributed by atoms with Crippen LogP contribution in [0.1, 0.15) is 37.7 Å². The van der Waals surface area contributed by atoms with Crippen LogP contribution in [0.5, 0.6) is 5.75 Å². The van der Waals surface area contributed by atoms with Crippen molar-refractivity contribution in [1.29, 1.82) is 0 Å². The van der Waals surface area contributed by atoms with Gasteiger partial charge in [0.25, 0.3) is 0 Å². The number of methoxy groups -OCH3 is 1. The number of nitrogens with one attached hydrogen (secondary N) is 1. The van der Waals surface area contributed by atoms with Crippen molar-refractivity contribution in [2.45, 2.75) is 38.5 Å². The van der Waals surface area contributed by atoms with Crippen molar-refractivity contribution >= 4 is 5.69 Å². The first kappa shape index (κ1) is 11.9. The van der Waals surface area contributed by atoms with Gasteiger partial charge in [-0.2, -0.15) is 0 Å². The summed E-state index contributed by atoms with van der Waals surface area (Å²) in [4.78, 5) is 0. The van der Waals surface area contributed by atoms with Gasteiger partial charge in [-0.25, -0.2) is 0 Å². The first-order valence-corrected chi connectivity index (χ1v) is 7.28. The summed E-state index contributed by atoms with van der Waals surface area (Å²) < 4.78 is 5.43. The number of rotatable bonds is 2. The van der Waals surface area contributed by atoms with E-state index in [-0.39, 0.29) is 0 Å². The van der Waals surface area contributed by atoms with Gasteiger partial charge in [-0.1, -0.05) is 44.2 Å². The van der Waals surface area contributed by atoms with Crippen molar-refractivity contribution in [3.8, 4) is 5.75 Å². The highest BCUT2D eigenvalue weighted by Gasteiger charge is 2.28. The molecule has 1 unspecified atom stereocenters. The van der Waals surface area contributed by atoms with Crippen LogP contribution in [0.4, 0.5) is 5.69 Å². The molecule has 0 bridgehead atoms. The Balaban J connectivity index is 1.76. The van der Waals surface area contributed by atoms with Crippen LogP contribution < -0.4 is 10.1 Å². The topological polar surface area (TPSA) is 21.3 Å². The molecule has 1 N–H and O–H groups in total. The normalized spacial score (nSPS) is 24.2. The number of anilines is 1. The van der Waals surface area contributed by atoms with E-state index in [0.717, 1.165) is 24.1 Å². The lowest BCUT2D eigenvalue weighted by Crippen LogP contribution is -2.30. The molecule has 1 aliphatic heterocycles. The lowest BCUT2D eigenvalue weighted by atomic mass is 9.76. The zero-order valence-corrected chi connectivity index (χ0v) is 11.2. The van der Waals surface area contributed by atoms with Gasteiger partial charge in [-0.05, 0) is 29.9 Å². The van der Waals surface area contributed by atoms with Crippen LogP contribution in [0.3, 0.4) is 0 Å². The highest BCUT2D eigenvalue weighted by atomic mass is 16.5. The van der Waals surface area contributed by atoms with Gasteiger partial charge in [0.1, 0.15) is 5.75 Å². The van der Waals surface area contributed by atoms with Crippen molar-refractivity contribution < 1.29 is 4.74 Å². The second-order valence-corrected chi connectivity index (χ2v) is 5.74. The molecule has 1 saturated carbocycles. The Kier molecular flexibility index (Phi) is 3.44. The summed E-state index contributed by atoms with van der Waals surface area (Å²) in [6.07, 6.45) is 8.42. The molecular weight excluding hydrogens is 222 g/mol. The molecule has 0 amide bonds. The summed E-state index contributed by atoms with van der Waals surface area (Å²) in [5, 5.41) is 3.60. The smallest absolute Gasteiger partial charge is 0.142 e. The standard InChI is InChI=1S/C16H23NO/c1-18-15-9-5-8-13-10-14(11-17-16(13)15)12-6-3-2-4-7-12/h5,8-9,12,14,17H,2-4,6-7,10-11H2,1H3. The summed E-state index contributed by atoms with van der Waals surface area (Å²) in [6.45, 7) is 1.12. The molecule has 1 fully saturated rings. The van der Waals surface area contributed by atoms with Crippen LogP contribution in [0.15, 0.2) is 18.2 Å². The minimum Gasteiger partial charge on any atom is -0.495 e. The van der Waals surface area contributed by atoms with Gasteiger partial charge >= 0.3 is 0 Å². The van der Waals surface area contributed by atoms with E-state index in [0.29, 0.717) is 0 Å². The fourth-order valence-electron chi connectivity index (χ4n) is 3.64. The summed E-state index contributed by atoms with van der Waals surface area (Å²) in [5.41, 5.74) is 2.67. The molecule has 18 heavy (non-hydrogen) atoms. The van der Waals surface area contributed by atoms with Crippen LogP contribution in [0.2, 0.25) is 0 Å². The molecule has 0 saturated heterocycles. The minimum atomic E-state index is 0.824. The van der Waals surface area contributed by atoms with Gasteiger partial charge in [0.15, 0.2) is 0 Å². The number of ether oxygens (including phenoxy) is 1. The lowest BCUT2D eigenvalue weighted by molar-refractivity contribution is 0.252. The Morgan fingerprint density at radius 2 is 1.94 bits per heavy atom. The Labute approximate surface area is 110 Å². The molecule has 0 radical (unpaired) electrons. The van der Waals surface area contributed by atoms with Gasteiger partial charge in [0.05, 0.1) is 12.8 Å². The van der Waals surface area contributed by atoms with Gasteiger partial charge < -0.3 is 10.1 Å². The van der Waals surface area contributed by atoms with E-state index in [9.17, 15) is 0 Å². The van der Waals surface area contributed by atoms with E-state index < -0.39 is 0 Å². The lowest BCUT2D eigenvalue weighted by Gasteiger charge is -2.35. The maximum atomic E-state index is 5.43. The Morgan fingerprint density at radius 1 is 1.11 bits per heavy atom. The number of hydrogen-bond acceptors (Lipinski definition) is 2. The van der Waals surface area contributed by atoms with E-state index in [4.69, 9.17) is 4.74 Å². The molecule has 2 aliphatic rings. The van der Waals surface area contributed by atoms with Crippen LogP contribution in [0, 0.1) is 11.8 Å². The number of hydrogen-bond donors (Lipinski definition) is 1. The maximum absolute atomic E-state index is 5.43. The van der Waals surface area contributed by atoms with Crippen molar-refractivity contribution in [1.82, 2.24) is 0 Å². The predicted molar refractivity (Wildman–Crippen MR) is 75.3 cm³/mol. The van der Waals surface area contributed by atoms with E-state index in [1.165, 1.54) is 49.8 Å². The van der Waals surface area contributed by atoms with Crippen LogP contribution in [0.25, 0.3) is 0 Å². The molecule has 0 spiro atoms. The fraction of sp³-hybridized carbons (Fsp3) is 0.625. The van der Waals surface area contributed by atoms with Crippen LogP contribution in [-0.4, -0.2) is 13.7 Å². The van der Waals surface area contributed by atoms with E-state index in [1.807, 2.05) is 6.07 Å². The molecule has 1 aromatic rings. The number of benzene rings is 1. The second-order valence-electron chi connectivity index (χ2n) is 5.74. The predicted octanol–water partition coefficient (Wildman–Crippen LogP) is 3.86. The summed E-state index contributed by atoms with van der Waals surface area (Å²) in [7, 11) is 1.75. The van der Waals surface area contributed by atoms with Gasteiger partial charge in [-0.3, -0.25) is 0 Å². The third kappa shape index (κ3) is 2.21. The molecule has 0 aromatic heterocycles. The van der Waals surface area contributed by atoms with E-state index in [2.05, 4.69) is 17.4 Å². The first-order valence-electron chi connectivity index (χ1n) is 7.28. The molecule has 2 heteroatoms. The summed E-state index contributed by atoms with van der Waals surface area (Å²) in [6, 6.07) is 6.41. The minimum absolute atomic E-state index is 0.824. The summed E-state index contributed by atoms with van der Waals surface area (Å²) in [5.74, 6) is 2.75. The zero-order chi connectivity index (χ0) is 12.4.